The average Bonchev–Trinajstić information content (AvgIpc) is 3.15. The van der Waals surface area contributed by atoms with Gasteiger partial charge in [-0.15, -0.1) is 0 Å². The van der Waals surface area contributed by atoms with Crippen LogP contribution in [0.4, 0.5) is 0 Å². The first-order chi connectivity index (χ1) is 12.2. The van der Waals surface area contributed by atoms with Gasteiger partial charge in [-0.25, -0.2) is 4.98 Å². The zero-order valence-electron chi connectivity index (χ0n) is 13.0. The van der Waals surface area contributed by atoms with Crippen LogP contribution in [0.2, 0.25) is 0 Å². The van der Waals surface area contributed by atoms with Crippen molar-refractivity contribution in [1.82, 2.24) is 9.66 Å². The van der Waals surface area contributed by atoms with Crippen LogP contribution < -0.4 is 5.56 Å². The van der Waals surface area contributed by atoms with Crippen LogP contribution in [0.3, 0.4) is 0 Å². The Bertz CT molecular complexity index is 1130. The van der Waals surface area contributed by atoms with Gasteiger partial charge in [-0.2, -0.15) is 9.78 Å². The summed E-state index contributed by atoms with van der Waals surface area (Å²) >= 11 is 2.24. The van der Waals surface area contributed by atoms with Gasteiger partial charge >= 0.3 is 0 Å². The molecule has 0 radical (unpaired) electrons. The van der Waals surface area contributed by atoms with E-state index in [9.17, 15) is 4.79 Å². The van der Waals surface area contributed by atoms with Crippen LogP contribution >= 0.6 is 22.6 Å². The van der Waals surface area contributed by atoms with Crippen molar-refractivity contribution in [2.75, 3.05) is 0 Å². The number of para-hydroxylation sites is 1. The Kier molecular flexibility index (Phi) is 4.19. The van der Waals surface area contributed by atoms with Gasteiger partial charge < -0.3 is 4.42 Å². The van der Waals surface area contributed by atoms with Crippen LogP contribution in [0.25, 0.3) is 22.5 Å². The lowest BCUT2D eigenvalue weighted by molar-refractivity contribution is 0.571. The minimum atomic E-state index is -0.237. The van der Waals surface area contributed by atoms with Crippen LogP contribution in [0.1, 0.15) is 5.56 Å². The summed E-state index contributed by atoms with van der Waals surface area (Å²) in [5.74, 6) is 0.859. The van der Waals surface area contributed by atoms with Gasteiger partial charge in [-0.05, 0) is 64.6 Å². The van der Waals surface area contributed by atoms with Crippen LogP contribution in [0, 0.1) is 3.57 Å². The van der Waals surface area contributed by atoms with E-state index < -0.39 is 0 Å². The third kappa shape index (κ3) is 3.12. The van der Waals surface area contributed by atoms with Gasteiger partial charge in [-0.1, -0.05) is 24.3 Å². The van der Waals surface area contributed by atoms with Gasteiger partial charge in [0.2, 0.25) is 5.82 Å². The molecule has 0 aliphatic rings. The largest absolute Gasteiger partial charge is 0.461 e. The Labute approximate surface area is 156 Å². The van der Waals surface area contributed by atoms with Crippen LogP contribution in [0.5, 0.6) is 0 Å². The molecular formula is C19H12IN3O2. The molecule has 122 valence electrons. The Morgan fingerprint density at radius 2 is 1.96 bits per heavy atom. The first-order valence-corrected chi connectivity index (χ1v) is 8.66. The number of hydrogen-bond acceptors (Lipinski definition) is 4. The molecule has 0 unspecified atom stereocenters. The molecule has 0 spiro atoms. The molecule has 25 heavy (non-hydrogen) atoms. The zero-order valence-corrected chi connectivity index (χ0v) is 15.1. The third-order valence-corrected chi connectivity index (χ3v) is 4.34. The molecule has 6 heteroatoms. The van der Waals surface area contributed by atoms with E-state index in [4.69, 9.17) is 4.42 Å². The highest BCUT2D eigenvalue weighted by molar-refractivity contribution is 14.1. The number of halogens is 1. The topological polar surface area (TPSA) is 60.4 Å². The molecule has 0 atom stereocenters. The summed E-state index contributed by atoms with van der Waals surface area (Å²) < 4.78 is 7.81. The normalized spacial score (nSPS) is 11.4. The predicted molar refractivity (Wildman–Crippen MR) is 106 cm³/mol. The number of benzene rings is 2. The highest BCUT2D eigenvalue weighted by Gasteiger charge is 2.14. The van der Waals surface area contributed by atoms with Crippen molar-refractivity contribution in [3.63, 3.8) is 0 Å². The first kappa shape index (κ1) is 15.8. The zero-order chi connectivity index (χ0) is 17.2. The molecule has 2 aromatic carbocycles. The molecule has 0 amide bonds. The predicted octanol–water partition coefficient (Wildman–Crippen LogP) is 4.14. The van der Waals surface area contributed by atoms with Gasteiger partial charge in [0.05, 0.1) is 23.4 Å². The molecule has 0 bridgehead atoms. The second kappa shape index (κ2) is 6.64. The Balaban J connectivity index is 1.93. The van der Waals surface area contributed by atoms with E-state index in [1.165, 1.54) is 4.68 Å². The molecule has 5 nitrogen and oxygen atoms in total. The maximum absolute atomic E-state index is 12.9. The van der Waals surface area contributed by atoms with Gasteiger partial charge in [0.15, 0.2) is 5.76 Å². The van der Waals surface area contributed by atoms with Crippen molar-refractivity contribution in [1.29, 1.82) is 0 Å². The van der Waals surface area contributed by atoms with Crippen LogP contribution in [0.15, 0.2) is 81.2 Å². The van der Waals surface area contributed by atoms with Gasteiger partial charge in [0.25, 0.3) is 5.56 Å². The van der Waals surface area contributed by atoms with Crippen molar-refractivity contribution in [2.24, 2.45) is 5.10 Å². The van der Waals surface area contributed by atoms with Gasteiger partial charge in [-0.3, -0.25) is 4.79 Å². The van der Waals surface area contributed by atoms with Crippen molar-refractivity contribution in [3.05, 3.63) is 86.4 Å². The number of rotatable bonds is 3. The standard InChI is InChI=1S/C19H12IN3O2/c20-14-6-3-5-13(11-14)12-21-23-18(17-9-4-10-25-17)22-16-8-2-1-7-15(16)19(23)24/h1-12H/b21-12+. The summed E-state index contributed by atoms with van der Waals surface area (Å²) in [5.41, 5.74) is 1.27. The molecule has 0 aliphatic heterocycles. The molecule has 0 N–H and O–H groups in total. The molecular weight excluding hydrogens is 429 g/mol. The number of fused-ring (bicyclic) bond motifs is 1. The maximum atomic E-state index is 12.9. The van der Waals surface area contributed by atoms with Crippen molar-refractivity contribution >= 4 is 39.7 Å². The lowest BCUT2D eigenvalue weighted by atomic mass is 10.2. The first-order valence-electron chi connectivity index (χ1n) is 7.58. The molecule has 4 rings (SSSR count). The van der Waals surface area contributed by atoms with E-state index >= 15 is 0 Å². The monoisotopic (exact) mass is 441 g/mol. The Morgan fingerprint density at radius 3 is 2.76 bits per heavy atom. The maximum Gasteiger partial charge on any atom is 0.282 e. The van der Waals surface area contributed by atoms with E-state index in [1.54, 1.807) is 36.7 Å². The number of nitrogens with zero attached hydrogens (tertiary/aromatic N) is 3. The fourth-order valence-electron chi connectivity index (χ4n) is 2.51. The fraction of sp³-hybridized carbons (Fsp3) is 0. The number of furan rings is 1. The molecule has 2 aromatic heterocycles. The number of aromatic nitrogens is 2. The minimum absolute atomic E-state index is 0.237. The Hall–Kier alpha value is -2.74. The molecule has 2 heterocycles. The average molecular weight is 441 g/mol. The van der Waals surface area contributed by atoms with E-state index in [0.29, 0.717) is 22.5 Å². The summed E-state index contributed by atoms with van der Waals surface area (Å²) in [6.07, 6.45) is 3.19. The third-order valence-electron chi connectivity index (χ3n) is 3.67. The molecule has 0 aliphatic carbocycles. The highest BCUT2D eigenvalue weighted by Crippen LogP contribution is 2.19. The summed E-state index contributed by atoms with van der Waals surface area (Å²) in [7, 11) is 0. The van der Waals surface area contributed by atoms with Crippen molar-refractivity contribution in [2.45, 2.75) is 0 Å². The number of hydrogen-bond donors (Lipinski definition) is 0. The fourth-order valence-corrected chi connectivity index (χ4v) is 3.07. The van der Waals surface area contributed by atoms with Gasteiger partial charge in [0, 0.05) is 3.57 Å². The summed E-state index contributed by atoms with van der Waals surface area (Å²) in [5, 5.41) is 4.89. The minimum Gasteiger partial charge on any atom is -0.461 e. The van der Waals surface area contributed by atoms with Crippen LogP contribution in [-0.4, -0.2) is 15.9 Å². The summed E-state index contributed by atoms with van der Waals surface area (Å²) in [4.78, 5) is 17.5. The lowest BCUT2D eigenvalue weighted by Crippen LogP contribution is -2.20. The van der Waals surface area contributed by atoms with Crippen molar-refractivity contribution in [3.8, 4) is 11.6 Å². The summed E-state index contributed by atoms with van der Waals surface area (Å²) in [6.45, 7) is 0. The molecule has 0 fully saturated rings. The molecule has 0 saturated heterocycles. The second-order valence-corrected chi connectivity index (χ2v) is 6.59. The molecule has 4 aromatic rings. The lowest BCUT2D eigenvalue weighted by Gasteiger charge is -2.07. The van der Waals surface area contributed by atoms with Crippen LogP contribution in [-0.2, 0) is 0 Å². The summed E-state index contributed by atoms with van der Waals surface area (Å²) in [6, 6.07) is 18.6. The second-order valence-electron chi connectivity index (χ2n) is 5.35. The van der Waals surface area contributed by atoms with Gasteiger partial charge in [0.1, 0.15) is 0 Å². The quantitative estimate of drug-likeness (QED) is 0.355. The Morgan fingerprint density at radius 1 is 1.08 bits per heavy atom. The highest BCUT2D eigenvalue weighted by atomic mass is 127. The molecule has 0 saturated carbocycles. The van der Waals surface area contributed by atoms with E-state index in [0.717, 1.165) is 9.13 Å². The SMILES string of the molecule is O=c1c2ccccc2nc(-c2ccco2)n1/N=C/c1cccc(I)c1. The van der Waals surface area contributed by atoms with E-state index in [2.05, 4.69) is 32.7 Å². The van der Waals surface area contributed by atoms with E-state index in [-0.39, 0.29) is 5.56 Å². The smallest absolute Gasteiger partial charge is 0.282 e. The van der Waals surface area contributed by atoms with E-state index in [1.807, 2.05) is 36.4 Å². The van der Waals surface area contributed by atoms with Crippen molar-refractivity contribution < 1.29 is 4.42 Å².